The number of thioether (sulfide) groups is 1. The minimum atomic E-state index is -1.46. The second kappa shape index (κ2) is 8.74. The Kier molecular flexibility index (Phi) is 6.44. The van der Waals surface area contributed by atoms with Gasteiger partial charge in [-0.25, -0.2) is 5.01 Å². The van der Waals surface area contributed by atoms with Crippen LogP contribution in [-0.2, 0) is 14.4 Å². The topological polar surface area (TPSA) is 139 Å². The Balaban J connectivity index is 1.64. The summed E-state index contributed by atoms with van der Waals surface area (Å²) >= 11 is 12.0. The molecule has 2 fully saturated rings. The van der Waals surface area contributed by atoms with Gasteiger partial charge in [0, 0.05) is 38.5 Å². The van der Waals surface area contributed by atoms with Crippen LogP contribution in [0.3, 0.4) is 0 Å². The molecule has 0 bridgehead atoms. The summed E-state index contributed by atoms with van der Waals surface area (Å²) in [5.41, 5.74) is -1.76. The molecule has 0 saturated carbocycles. The molecule has 2 aliphatic rings. The number of aliphatic carboxylic acids is 1. The molecule has 0 aliphatic carbocycles. The molecule has 0 radical (unpaired) electrons. The van der Waals surface area contributed by atoms with Gasteiger partial charge in [-0.2, -0.15) is 12.6 Å². The van der Waals surface area contributed by atoms with Crippen LogP contribution in [0.15, 0.2) is 30.6 Å². The number of rotatable bonds is 5. The van der Waals surface area contributed by atoms with Crippen LogP contribution in [0.1, 0.15) is 24.0 Å². The summed E-state index contributed by atoms with van der Waals surface area (Å²) < 4.78 is 7.19. The molecule has 15 heteroatoms. The highest BCUT2D eigenvalue weighted by atomic mass is 79.9. The second-order valence-electron chi connectivity index (χ2n) is 7.66. The van der Waals surface area contributed by atoms with Crippen LogP contribution in [0.25, 0.3) is 0 Å². The number of fused-ring (bicyclic) bond motifs is 1. The fraction of sp³-hybridized carbons (Fsp3) is 0.444. The molecule has 176 valence electrons. The van der Waals surface area contributed by atoms with Gasteiger partial charge < -0.3 is 14.4 Å². The first-order chi connectivity index (χ1) is 15.5. The number of aryl methyl sites for hydroxylation is 1. The van der Waals surface area contributed by atoms with Crippen LogP contribution in [-0.4, -0.2) is 66.4 Å². The zero-order chi connectivity index (χ0) is 24.2. The van der Waals surface area contributed by atoms with Crippen molar-refractivity contribution in [3.8, 4) is 0 Å². The molecule has 2 aliphatic heterocycles. The highest BCUT2D eigenvalue weighted by Gasteiger charge is 2.62. The van der Waals surface area contributed by atoms with E-state index in [0.29, 0.717) is 0 Å². The summed E-state index contributed by atoms with van der Waals surface area (Å²) in [6.45, 7) is 2.77. The van der Waals surface area contributed by atoms with E-state index in [1.165, 1.54) is 45.7 Å². The molecular formula is C18H17Br2N5O6S2. The minimum Gasteiger partial charge on any atom is -0.481 e. The van der Waals surface area contributed by atoms with Gasteiger partial charge in [0.05, 0.1) is 14.2 Å². The molecule has 4 atom stereocenters. The standard InChI is InChI=1S/C18H17Br2N5O6S2/c1-7-21-22-14(31-7)13(32)18(17(29)30)5-24-15(28)11(16(24)33-6-18)25(8(2)26)23-3-9(19)12(27)10(20)4-23/h3-4,11,13,16,32H,5-6H2,1-2H3,(H,29,30)/t11?,13?,16-,18?/m1/s1. The van der Waals surface area contributed by atoms with E-state index in [1.807, 2.05) is 0 Å². The number of pyridine rings is 1. The lowest BCUT2D eigenvalue weighted by molar-refractivity contribution is -0.158. The molecule has 4 rings (SSSR count). The molecule has 2 saturated heterocycles. The van der Waals surface area contributed by atoms with Crippen molar-refractivity contribution in [2.24, 2.45) is 5.41 Å². The van der Waals surface area contributed by atoms with Gasteiger partial charge in [-0.3, -0.25) is 23.9 Å². The number of carboxylic acids is 1. The fourth-order valence-corrected chi connectivity index (χ4v) is 7.11. The van der Waals surface area contributed by atoms with Crippen LogP contribution in [0.4, 0.5) is 0 Å². The Labute approximate surface area is 213 Å². The zero-order valence-electron chi connectivity index (χ0n) is 17.1. The van der Waals surface area contributed by atoms with Gasteiger partial charge >= 0.3 is 5.97 Å². The first kappa shape index (κ1) is 24.3. The maximum absolute atomic E-state index is 13.2. The smallest absolute Gasteiger partial charge is 0.313 e. The second-order valence-corrected chi connectivity index (χ2v) is 11.0. The van der Waals surface area contributed by atoms with Crippen molar-refractivity contribution in [3.63, 3.8) is 0 Å². The van der Waals surface area contributed by atoms with Crippen LogP contribution >= 0.6 is 56.3 Å². The Morgan fingerprint density at radius 2 is 1.97 bits per heavy atom. The van der Waals surface area contributed by atoms with E-state index in [2.05, 4.69) is 54.7 Å². The maximum atomic E-state index is 13.2. The summed E-state index contributed by atoms with van der Waals surface area (Å²) in [5, 5.41) is 17.5. The number of β-lactam (4-membered cyclic amide) rings is 1. The number of thiol groups is 1. The predicted octanol–water partition coefficient (Wildman–Crippen LogP) is 1.58. The maximum Gasteiger partial charge on any atom is 0.313 e. The number of hydrogen-bond acceptors (Lipinski definition) is 9. The number of carbonyl (C=O) groups excluding carboxylic acids is 2. The molecule has 11 nitrogen and oxygen atoms in total. The van der Waals surface area contributed by atoms with Crippen molar-refractivity contribution >= 4 is 74.0 Å². The third-order valence-electron chi connectivity index (χ3n) is 5.56. The summed E-state index contributed by atoms with van der Waals surface area (Å²) in [6, 6.07) is -0.871. The van der Waals surface area contributed by atoms with Crippen LogP contribution in [0.2, 0.25) is 0 Å². The lowest BCUT2D eigenvalue weighted by Gasteiger charge is -2.56. The first-order valence-corrected chi connectivity index (χ1v) is 12.6. The highest BCUT2D eigenvalue weighted by molar-refractivity contribution is 9.11. The molecule has 33 heavy (non-hydrogen) atoms. The van der Waals surface area contributed by atoms with E-state index < -0.39 is 39.9 Å². The molecule has 4 heterocycles. The van der Waals surface area contributed by atoms with Crippen molar-refractivity contribution in [1.82, 2.24) is 19.8 Å². The molecule has 2 amide bonds. The fourth-order valence-electron chi connectivity index (χ4n) is 3.86. The summed E-state index contributed by atoms with van der Waals surface area (Å²) in [6.07, 6.45) is 2.81. The number of nitrogens with zero attached hydrogens (tertiary/aromatic N) is 5. The van der Waals surface area contributed by atoms with E-state index in [1.54, 1.807) is 6.92 Å². The molecule has 2 aromatic heterocycles. The summed E-state index contributed by atoms with van der Waals surface area (Å²) in [4.78, 5) is 51.5. The molecule has 2 aromatic rings. The third kappa shape index (κ3) is 3.91. The Bertz CT molecular complexity index is 1190. The number of amides is 2. The Morgan fingerprint density at radius 1 is 1.33 bits per heavy atom. The minimum absolute atomic E-state index is 0.0649. The Hall–Kier alpha value is -1.84. The van der Waals surface area contributed by atoms with Gasteiger partial charge in [-0.15, -0.1) is 22.0 Å². The van der Waals surface area contributed by atoms with E-state index in [-0.39, 0.29) is 38.5 Å². The van der Waals surface area contributed by atoms with Crippen LogP contribution in [0.5, 0.6) is 0 Å². The summed E-state index contributed by atoms with van der Waals surface area (Å²) in [5.74, 6) is -1.53. The van der Waals surface area contributed by atoms with Gasteiger partial charge in [0.1, 0.15) is 10.8 Å². The van der Waals surface area contributed by atoms with Crippen molar-refractivity contribution in [1.29, 1.82) is 0 Å². The quantitative estimate of drug-likeness (QED) is 0.376. The third-order valence-corrected chi connectivity index (χ3v) is 8.94. The van der Waals surface area contributed by atoms with Crippen molar-refractivity contribution in [2.45, 2.75) is 30.5 Å². The number of aromatic nitrogens is 3. The number of carboxylic acid groups (broad SMARTS) is 1. The highest BCUT2D eigenvalue weighted by Crippen LogP contribution is 2.50. The average Bonchev–Trinajstić information content (AvgIpc) is 3.19. The average molecular weight is 623 g/mol. The van der Waals surface area contributed by atoms with E-state index in [0.717, 1.165) is 0 Å². The van der Waals surface area contributed by atoms with E-state index in [4.69, 9.17) is 4.42 Å². The van der Waals surface area contributed by atoms with Crippen molar-refractivity contribution in [2.75, 3.05) is 17.3 Å². The van der Waals surface area contributed by atoms with Crippen LogP contribution in [0, 0.1) is 12.3 Å². The van der Waals surface area contributed by atoms with Gasteiger partial charge in [0.2, 0.25) is 23.1 Å². The number of halogens is 2. The predicted molar refractivity (Wildman–Crippen MR) is 128 cm³/mol. The van der Waals surface area contributed by atoms with Crippen molar-refractivity contribution in [3.05, 3.63) is 43.3 Å². The summed E-state index contributed by atoms with van der Waals surface area (Å²) in [7, 11) is 0. The van der Waals surface area contributed by atoms with E-state index in [9.17, 15) is 24.3 Å². The SMILES string of the molecule is CC(=O)N(C1C(=O)N2CC(C(=O)O)(C(S)c3nnc(C)o3)CS[C@H]12)n1cc(Br)c(=O)c(Br)c1. The van der Waals surface area contributed by atoms with Crippen LogP contribution < -0.4 is 10.4 Å². The number of carbonyl (C=O) groups is 3. The van der Waals surface area contributed by atoms with Gasteiger partial charge in [0.25, 0.3) is 5.91 Å². The normalized spacial score (nSPS) is 25.2. The van der Waals surface area contributed by atoms with Crippen molar-refractivity contribution < 1.29 is 23.9 Å². The lowest BCUT2D eigenvalue weighted by Crippen LogP contribution is -2.76. The zero-order valence-corrected chi connectivity index (χ0v) is 22.0. The molecule has 0 spiro atoms. The molecule has 1 N–H and O–H groups in total. The first-order valence-electron chi connectivity index (χ1n) is 9.49. The lowest BCUT2D eigenvalue weighted by atomic mass is 9.83. The molecule has 3 unspecified atom stereocenters. The monoisotopic (exact) mass is 621 g/mol. The van der Waals surface area contributed by atoms with Gasteiger partial charge in [-0.1, -0.05) is 0 Å². The van der Waals surface area contributed by atoms with E-state index >= 15 is 0 Å². The molecular weight excluding hydrogens is 606 g/mol. The van der Waals surface area contributed by atoms with Gasteiger partial charge in [0.15, 0.2) is 6.04 Å². The largest absolute Gasteiger partial charge is 0.481 e. The Morgan fingerprint density at radius 3 is 2.48 bits per heavy atom. The number of hydrogen-bond donors (Lipinski definition) is 2. The molecule has 0 aromatic carbocycles. The van der Waals surface area contributed by atoms with Gasteiger partial charge in [-0.05, 0) is 31.9 Å².